The first-order valence-corrected chi connectivity index (χ1v) is 22.3. The fraction of sp³-hybridized carbons (Fsp3) is 0. The summed E-state index contributed by atoms with van der Waals surface area (Å²) in [5.74, 6) is 0. The van der Waals surface area contributed by atoms with Crippen molar-refractivity contribution in [3.8, 4) is 50.8 Å². The number of benzene rings is 10. The van der Waals surface area contributed by atoms with Gasteiger partial charge in [0.05, 0.1) is 40.1 Å². The number of pyridine rings is 1. The second-order valence-corrected chi connectivity index (χ2v) is 17.1. The Balaban J connectivity index is 1.21. The van der Waals surface area contributed by atoms with Crippen LogP contribution in [0.2, 0.25) is 0 Å². The second kappa shape index (κ2) is 14.0. The van der Waals surface area contributed by atoms with Gasteiger partial charge in [0.1, 0.15) is 22.9 Å². The van der Waals surface area contributed by atoms with E-state index in [0.717, 1.165) is 115 Å². The molecule has 0 amide bonds. The lowest BCUT2D eigenvalue weighted by Crippen LogP contribution is -2.09. The summed E-state index contributed by atoms with van der Waals surface area (Å²) >= 11 is 0. The number of hydrogen-bond donors (Lipinski definition) is 0. The minimum Gasteiger partial charge on any atom is -0.456 e. The van der Waals surface area contributed by atoms with Crippen molar-refractivity contribution in [2.75, 3.05) is 0 Å². The molecule has 0 spiro atoms. The predicted molar refractivity (Wildman–Crippen MR) is 274 cm³/mol. The van der Waals surface area contributed by atoms with Gasteiger partial charge in [-0.3, -0.25) is 0 Å². The van der Waals surface area contributed by atoms with E-state index in [9.17, 15) is 11.8 Å². The Labute approximate surface area is 383 Å². The third kappa shape index (κ3) is 5.04. The van der Waals surface area contributed by atoms with Crippen LogP contribution in [0.25, 0.3) is 137 Å². The van der Waals surface area contributed by atoms with Crippen molar-refractivity contribution in [1.82, 2.24) is 14.1 Å². The van der Waals surface area contributed by atoms with Gasteiger partial charge in [-0.1, -0.05) is 158 Å². The van der Waals surface area contributed by atoms with Crippen molar-refractivity contribution in [2.24, 2.45) is 0 Å². The quantitative estimate of drug-likeness (QED) is 0.128. The fourth-order valence-electron chi connectivity index (χ4n) is 11.1. The van der Waals surface area contributed by atoms with Gasteiger partial charge < -0.3 is 13.6 Å². The summed E-state index contributed by atoms with van der Waals surface area (Å²) in [6.07, 6.45) is 1.88. The summed E-state index contributed by atoms with van der Waals surface area (Å²) in [5.41, 5.74) is 12.4. The van der Waals surface area contributed by atoms with Gasteiger partial charge in [-0.2, -0.15) is 5.26 Å². The molecule has 0 N–H and O–H groups in total. The Morgan fingerprint density at radius 3 is 1.84 bits per heavy atom. The van der Waals surface area contributed by atoms with Crippen molar-refractivity contribution in [3.05, 3.63) is 217 Å². The van der Waals surface area contributed by atoms with Crippen molar-refractivity contribution in [3.63, 3.8) is 0 Å². The Morgan fingerprint density at radius 2 is 1.07 bits per heavy atom. The zero-order chi connectivity index (χ0) is 44.3. The molecule has 0 atom stereocenters. The van der Waals surface area contributed by atoms with E-state index in [0.29, 0.717) is 28.2 Å². The molecule has 14 aromatic rings. The van der Waals surface area contributed by atoms with Crippen LogP contribution in [0.15, 0.2) is 205 Å². The highest BCUT2D eigenvalue weighted by Gasteiger charge is 2.32. The summed E-state index contributed by atoms with van der Waals surface area (Å²) < 4.78 is 10.9. The standard InChI is InChI=1S/C61H33N5O/c1-63-58-53(36-16-4-2-5-17-36)47(35-62)59(65-48-26-12-10-22-42(48)43-31-30-38(34-50(43)65)39-24-15-29-52-55(39)46-23-11-13-28-51(46)67-52)54(37-18-6-3-7-19-37)60(58)66-49-27-14-25-44-40-20-8-9-21-41(40)45-32-33-64-61(66)57(45)56(44)49/h2-34H. The molecule has 0 saturated carbocycles. The largest absolute Gasteiger partial charge is 0.456 e. The van der Waals surface area contributed by atoms with E-state index < -0.39 is 0 Å². The summed E-state index contributed by atoms with van der Waals surface area (Å²) in [6, 6.07) is 69.5. The molecule has 0 aliphatic carbocycles. The molecule has 0 aliphatic rings. The monoisotopic (exact) mass is 851 g/mol. The van der Waals surface area contributed by atoms with Gasteiger partial charge in [-0.05, 0) is 80.2 Å². The van der Waals surface area contributed by atoms with Gasteiger partial charge >= 0.3 is 0 Å². The van der Waals surface area contributed by atoms with Crippen LogP contribution in [0, 0.1) is 17.9 Å². The van der Waals surface area contributed by atoms with Gasteiger partial charge in [0, 0.05) is 49.6 Å². The SMILES string of the molecule is [C-]#[N+]c1c(-c2ccccc2)c(C#N)c(-n2c3ccccc3c3ccc(-c4cccc5oc6ccccc6c45)cc32)c(-c2ccccc2)c1-n1c2cccc3c4ccccc4c4ccnc1c4c32. The molecule has 308 valence electrons. The van der Waals surface area contributed by atoms with Gasteiger partial charge in [-0.15, -0.1) is 0 Å². The molecule has 6 heteroatoms. The van der Waals surface area contributed by atoms with E-state index in [1.807, 2.05) is 72.9 Å². The van der Waals surface area contributed by atoms with Crippen LogP contribution in [0.5, 0.6) is 0 Å². The van der Waals surface area contributed by atoms with Crippen LogP contribution in [0.4, 0.5) is 5.69 Å². The van der Waals surface area contributed by atoms with Gasteiger partial charge in [0.25, 0.3) is 0 Å². The first-order valence-electron chi connectivity index (χ1n) is 22.3. The highest BCUT2D eigenvalue weighted by atomic mass is 16.3. The molecule has 67 heavy (non-hydrogen) atoms. The van der Waals surface area contributed by atoms with Crippen molar-refractivity contribution in [2.45, 2.75) is 0 Å². The van der Waals surface area contributed by atoms with Crippen LogP contribution in [0.3, 0.4) is 0 Å². The van der Waals surface area contributed by atoms with Gasteiger partial charge in [-0.25, -0.2) is 9.83 Å². The maximum atomic E-state index is 11.9. The van der Waals surface area contributed by atoms with Crippen molar-refractivity contribution >= 4 is 92.9 Å². The maximum Gasteiger partial charge on any atom is 0.220 e. The van der Waals surface area contributed by atoms with E-state index in [-0.39, 0.29) is 0 Å². The molecule has 0 bridgehead atoms. The fourth-order valence-corrected chi connectivity index (χ4v) is 11.1. The summed E-state index contributed by atoms with van der Waals surface area (Å²) in [5, 5.41) is 22.7. The lowest BCUT2D eigenvalue weighted by atomic mass is 9.88. The van der Waals surface area contributed by atoms with Gasteiger partial charge in [0.2, 0.25) is 5.69 Å². The first-order chi connectivity index (χ1) is 33.2. The van der Waals surface area contributed by atoms with Crippen LogP contribution in [0.1, 0.15) is 5.56 Å². The molecule has 4 heterocycles. The highest BCUT2D eigenvalue weighted by Crippen LogP contribution is 2.53. The van der Waals surface area contributed by atoms with E-state index in [1.54, 1.807) is 0 Å². The van der Waals surface area contributed by atoms with E-state index >= 15 is 0 Å². The minimum atomic E-state index is 0.374. The van der Waals surface area contributed by atoms with Crippen molar-refractivity contribution < 1.29 is 4.42 Å². The number of nitriles is 1. The number of hydrogen-bond acceptors (Lipinski definition) is 3. The Morgan fingerprint density at radius 1 is 0.463 bits per heavy atom. The molecule has 0 fully saturated rings. The van der Waals surface area contributed by atoms with Crippen LogP contribution in [-0.2, 0) is 0 Å². The number of fused-ring (bicyclic) bond motifs is 9. The molecule has 0 radical (unpaired) electrons. The molecule has 14 rings (SSSR count). The number of aromatic nitrogens is 3. The molecule has 10 aromatic carbocycles. The van der Waals surface area contributed by atoms with Crippen LogP contribution < -0.4 is 0 Å². The van der Waals surface area contributed by atoms with Gasteiger partial charge in [0.15, 0.2) is 0 Å². The number of rotatable bonds is 5. The predicted octanol–water partition coefficient (Wildman–Crippen LogP) is 16.3. The average Bonchev–Trinajstić information content (AvgIpc) is 4.06. The normalized spacial score (nSPS) is 11.9. The van der Waals surface area contributed by atoms with E-state index in [4.69, 9.17) is 9.40 Å². The van der Waals surface area contributed by atoms with Crippen LogP contribution in [-0.4, -0.2) is 14.1 Å². The highest BCUT2D eigenvalue weighted by molar-refractivity contribution is 6.34. The zero-order valence-corrected chi connectivity index (χ0v) is 35.7. The lowest BCUT2D eigenvalue weighted by molar-refractivity contribution is 0.669. The molecule has 0 unspecified atom stereocenters. The molecule has 0 saturated heterocycles. The smallest absolute Gasteiger partial charge is 0.220 e. The van der Waals surface area contributed by atoms with E-state index in [1.165, 1.54) is 0 Å². The topological polar surface area (TPSA) is 64.0 Å². The Hall–Kier alpha value is -9.49. The third-order valence-electron chi connectivity index (χ3n) is 13.8. The molecule has 4 aromatic heterocycles. The molecular formula is C61H33N5O. The number of furan rings is 1. The van der Waals surface area contributed by atoms with Crippen LogP contribution >= 0.6 is 0 Å². The lowest BCUT2D eigenvalue weighted by Gasteiger charge is -2.25. The summed E-state index contributed by atoms with van der Waals surface area (Å²) in [7, 11) is 0. The zero-order valence-electron chi connectivity index (χ0n) is 35.7. The third-order valence-corrected chi connectivity index (χ3v) is 13.8. The molecular weight excluding hydrogens is 819 g/mol. The summed E-state index contributed by atoms with van der Waals surface area (Å²) in [4.78, 5) is 9.71. The average molecular weight is 852 g/mol. The van der Waals surface area contributed by atoms with Crippen molar-refractivity contribution in [1.29, 1.82) is 5.26 Å². The number of nitrogens with zero attached hydrogens (tertiary/aromatic N) is 5. The second-order valence-electron chi connectivity index (χ2n) is 17.1. The maximum absolute atomic E-state index is 11.9. The van der Waals surface area contributed by atoms with E-state index in [2.05, 4.69) is 147 Å². The Kier molecular flexibility index (Phi) is 7.72. The minimum absolute atomic E-state index is 0.374. The summed E-state index contributed by atoms with van der Waals surface area (Å²) in [6.45, 7) is 9.23. The Bertz CT molecular complexity index is 4380. The molecule has 6 nitrogen and oxygen atoms in total. The number of para-hydroxylation sites is 2. The first kappa shape index (κ1) is 36.9. The molecule has 0 aliphatic heterocycles.